The maximum Gasteiger partial charge on any atom is 0.250 e. The van der Waals surface area contributed by atoms with Crippen LogP contribution < -0.4 is 10.5 Å². The second-order valence-corrected chi connectivity index (χ2v) is 8.56. The van der Waals surface area contributed by atoms with Crippen LogP contribution in [0.4, 0.5) is 0 Å². The van der Waals surface area contributed by atoms with Crippen molar-refractivity contribution in [1.29, 1.82) is 0 Å². The lowest BCUT2D eigenvalue weighted by Gasteiger charge is -2.18. The summed E-state index contributed by atoms with van der Waals surface area (Å²) in [6.45, 7) is 1.19. The summed E-state index contributed by atoms with van der Waals surface area (Å²) in [6, 6.07) is 3.43. The van der Waals surface area contributed by atoms with Crippen molar-refractivity contribution in [3.05, 3.63) is 17.0 Å². The summed E-state index contributed by atoms with van der Waals surface area (Å²) >= 11 is 1.30. The molecule has 0 amide bonds. The predicted molar refractivity (Wildman–Crippen MR) is 78.3 cm³/mol. The monoisotopic (exact) mass is 316 g/mol. The third-order valence-electron chi connectivity index (χ3n) is 3.82. The maximum atomic E-state index is 12.4. The first-order valence-electron chi connectivity index (χ1n) is 7.03. The topological polar surface area (TPSA) is 81.4 Å². The normalized spacial score (nSPS) is 27.1. The molecule has 2 atom stereocenters. The van der Waals surface area contributed by atoms with E-state index in [0.29, 0.717) is 23.3 Å². The van der Waals surface area contributed by atoms with Crippen LogP contribution in [0.15, 0.2) is 16.3 Å². The molecule has 3 rings (SSSR count). The van der Waals surface area contributed by atoms with E-state index in [1.165, 1.54) is 11.3 Å². The highest BCUT2D eigenvalue weighted by Gasteiger charge is 2.42. The summed E-state index contributed by atoms with van der Waals surface area (Å²) < 4.78 is 33.7. The summed E-state index contributed by atoms with van der Waals surface area (Å²) in [6.07, 6.45) is 3.86. The number of hydrogen-bond acceptors (Lipinski definition) is 5. The molecule has 1 saturated heterocycles. The molecule has 1 saturated carbocycles. The maximum absolute atomic E-state index is 12.4. The van der Waals surface area contributed by atoms with E-state index in [2.05, 4.69) is 4.72 Å². The highest BCUT2D eigenvalue weighted by atomic mass is 32.2. The molecule has 1 aromatic rings. The fourth-order valence-corrected chi connectivity index (χ4v) is 5.33. The number of rotatable bonds is 6. The van der Waals surface area contributed by atoms with E-state index in [4.69, 9.17) is 10.5 Å². The lowest BCUT2D eigenvalue weighted by atomic mass is 10.1. The van der Waals surface area contributed by atoms with E-state index in [0.717, 1.165) is 30.6 Å². The van der Waals surface area contributed by atoms with E-state index in [1.807, 2.05) is 6.07 Å². The minimum absolute atomic E-state index is 0.0632. The lowest BCUT2D eigenvalue weighted by molar-refractivity contribution is 0.0848. The molecule has 0 radical (unpaired) electrons. The fraction of sp³-hybridized carbons (Fsp3) is 0.692. The van der Waals surface area contributed by atoms with Crippen LogP contribution in [0.25, 0.3) is 0 Å². The van der Waals surface area contributed by atoms with Crippen LogP contribution in [-0.4, -0.2) is 33.7 Å². The number of sulfonamides is 1. The molecule has 1 aliphatic carbocycles. The van der Waals surface area contributed by atoms with Crippen molar-refractivity contribution in [3.8, 4) is 0 Å². The van der Waals surface area contributed by atoms with Gasteiger partial charge < -0.3 is 10.5 Å². The molecule has 1 aliphatic heterocycles. The van der Waals surface area contributed by atoms with Gasteiger partial charge in [-0.15, -0.1) is 11.3 Å². The highest BCUT2D eigenvalue weighted by Crippen LogP contribution is 2.39. The number of nitrogens with one attached hydrogen (secondary N) is 1. The van der Waals surface area contributed by atoms with Crippen molar-refractivity contribution in [2.24, 2.45) is 11.7 Å². The van der Waals surface area contributed by atoms with Gasteiger partial charge in [0.25, 0.3) is 0 Å². The van der Waals surface area contributed by atoms with Gasteiger partial charge in [-0.3, -0.25) is 0 Å². The quantitative estimate of drug-likeness (QED) is 0.823. The van der Waals surface area contributed by atoms with Crippen LogP contribution in [0.5, 0.6) is 0 Å². The lowest BCUT2D eigenvalue weighted by Crippen LogP contribution is -2.41. The van der Waals surface area contributed by atoms with Crippen LogP contribution in [0, 0.1) is 5.92 Å². The smallest absolute Gasteiger partial charge is 0.250 e. The van der Waals surface area contributed by atoms with Crippen LogP contribution >= 0.6 is 11.3 Å². The molecule has 20 heavy (non-hydrogen) atoms. The van der Waals surface area contributed by atoms with Gasteiger partial charge >= 0.3 is 0 Å². The molecular weight excluding hydrogens is 296 g/mol. The third kappa shape index (κ3) is 3.07. The number of ether oxygens (including phenoxy) is 1. The molecule has 2 heterocycles. The largest absolute Gasteiger partial charge is 0.376 e. The summed E-state index contributed by atoms with van der Waals surface area (Å²) in [5.74, 6) is 0.543. The van der Waals surface area contributed by atoms with Gasteiger partial charge in [-0.2, -0.15) is 0 Å². The average molecular weight is 316 g/mol. The first kappa shape index (κ1) is 14.5. The van der Waals surface area contributed by atoms with Crippen molar-refractivity contribution in [2.75, 3.05) is 13.2 Å². The second-order valence-electron chi connectivity index (χ2n) is 5.45. The Hall–Kier alpha value is -0.470. The first-order valence-corrected chi connectivity index (χ1v) is 9.33. The Morgan fingerprint density at radius 2 is 2.15 bits per heavy atom. The van der Waals surface area contributed by atoms with E-state index in [1.54, 1.807) is 6.07 Å². The molecule has 5 nitrogen and oxygen atoms in total. The van der Waals surface area contributed by atoms with Crippen LogP contribution in [0.1, 0.15) is 24.1 Å². The molecule has 2 fully saturated rings. The summed E-state index contributed by atoms with van der Waals surface area (Å²) in [4.78, 5) is 1.01. The molecule has 0 aromatic carbocycles. The van der Waals surface area contributed by atoms with Gasteiger partial charge in [0.2, 0.25) is 10.0 Å². The molecule has 0 spiro atoms. The zero-order chi connectivity index (χ0) is 14.2. The van der Waals surface area contributed by atoms with Gasteiger partial charge in [0.05, 0.1) is 12.1 Å². The van der Waals surface area contributed by atoms with Crippen molar-refractivity contribution in [2.45, 2.75) is 42.0 Å². The Bertz CT molecular complexity index is 566. The van der Waals surface area contributed by atoms with Gasteiger partial charge in [0, 0.05) is 11.5 Å². The molecule has 7 heteroatoms. The van der Waals surface area contributed by atoms with Crippen molar-refractivity contribution < 1.29 is 13.2 Å². The number of thiophene rings is 1. The van der Waals surface area contributed by atoms with Crippen molar-refractivity contribution in [3.63, 3.8) is 0 Å². The van der Waals surface area contributed by atoms with E-state index in [-0.39, 0.29) is 12.1 Å². The Balaban J connectivity index is 1.70. The Morgan fingerprint density at radius 1 is 1.35 bits per heavy atom. The molecule has 0 bridgehead atoms. The minimum atomic E-state index is -3.43. The van der Waals surface area contributed by atoms with E-state index < -0.39 is 10.0 Å². The van der Waals surface area contributed by atoms with Crippen molar-refractivity contribution >= 4 is 21.4 Å². The summed E-state index contributed by atoms with van der Waals surface area (Å²) in [5, 5.41) is 0. The van der Waals surface area contributed by atoms with Crippen LogP contribution in [0.3, 0.4) is 0 Å². The molecule has 2 aliphatic rings. The van der Waals surface area contributed by atoms with Gasteiger partial charge in [0.15, 0.2) is 0 Å². The van der Waals surface area contributed by atoms with Gasteiger partial charge in [-0.05, 0) is 50.3 Å². The van der Waals surface area contributed by atoms with E-state index >= 15 is 0 Å². The Labute approximate surface area is 123 Å². The first-order chi connectivity index (χ1) is 9.60. The fourth-order valence-electron chi connectivity index (χ4n) is 2.66. The van der Waals surface area contributed by atoms with Gasteiger partial charge in [0.1, 0.15) is 4.21 Å². The molecule has 112 valence electrons. The molecule has 3 N–H and O–H groups in total. The van der Waals surface area contributed by atoms with E-state index in [9.17, 15) is 8.42 Å². The SMILES string of the molecule is NCCc1ccc(S(=O)(=O)NC2CCOC2C2CC2)s1. The highest BCUT2D eigenvalue weighted by molar-refractivity contribution is 7.91. The Kier molecular flexibility index (Phi) is 4.14. The third-order valence-corrected chi connectivity index (χ3v) is 6.95. The molecule has 1 aromatic heterocycles. The number of nitrogens with two attached hydrogens (primary N) is 1. The Morgan fingerprint density at radius 3 is 2.85 bits per heavy atom. The molecule has 2 unspecified atom stereocenters. The predicted octanol–water partition coefficient (Wildman–Crippen LogP) is 1.10. The minimum Gasteiger partial charge on any atom is -0.376 e. The van der Waals surface area contributed by atoms with Crippen LogP contribution in [-0.2, 0) is 21.2 Å². The standard InChI is InChI=1S/C13H20N2O3S2/c14-7-5-10-3-4-12(19-10)20(16,17)15-11-6-8-18-13(11)9-1-2-9/h3-4,9,11,13,15H,1-2,5-8,14H2. The second kappa shape index (κ2) is 5.73. The van der Waals surface area contributed by atoms with Crippen molar-refractivity contribution in [1.82, 2.24) is 4.72 Å². The zero-order valence-electron chi connectivity index (χ0n) is 11.2. The molecular formula is C13H20N2O3S2. The zero-order valence-corrected chi connectivity index (χ0v) is 12.9. The number of hydrogen-bond donors (Lipinski definition) is 2. The summed E-state index contributed by atoms with van der Waals surface area (Å²) in [5.41, 5.74) is 5.49. The average Bonchev–Trinajstić information content (AvgIpc) is 2.95. The summed E-state index contributed by atoms with van der Waals surface area (Å²) in [7, 11) is -3.43. The van der Waals surface area contributed by atoms with Gasteiger partial charge in [-0.1, -0.05) is 0 Å². The van der Waals surface area contributed by atoms with Crippen LogP contribution in [0.2, 0.25) is 0 Å². The van der Waals surface area contributed by atoms with Gasteiger partial charge in [-0.25, -0.2) is 13.1 Å².